The van der Waals surface area contributed by atoms with Crippen molar-refractivity contribution >= 4 is 23.4 Å². The summed E-state index contributed by atoms with van der Waals surface area (Å²) in [5, 5.41) is 2.70. The third-order valence-electron chi connectivity index (χ3n) is 5.26. The molecule has 3 amide bonds. The van der Waals surface area contributed by atoms with Crippen molar-refractivity contribution in [2.24, 2.45) is 5.41 Å². The number of anilines is 1. The molecule has 1 aromatic rings. The largest absolute Gasteiger partial charge is 0.375 e. The van der Waals surface area contributed by atoms with Crippen LogP contribution in [-0.4, -0.2) is 67.9 Å². The topological polar surface area (TPSA) is 79.0 Å². The molecule has 0 aliphatic carbocycles. The zero-order valence-electron chi connectivity index (χ0n) is 15.3. The molecule has 2 aliphatic heterocycles. The van der Waals surface area contributed by atoms with Gasteiger partial charge in [0.2, 0.25) is 11.8 Å². The molecule has 3 rings (SSSR count). The maximum atomic E-state index is 12.9. The molecule has 2 heterocycles. The van der Waals surface area contributed by atoms with Gasteiger partial charge in [0.05, 0.1) is 5.41 Å². The van der Waals surface area contributed by atoms with Gasteiger partial charge in [-0.2, -0.15) is 0 Å². The van der Waals surface area contributed by atoms with Gasteiger partial charge in [-0.3, -0.25) is 14.4 Å². The first kappa shape index (κ1) is 18.4. The van der Waals surface area contributed by atoms with Crippen molar-refractivity contribution < 1.29 is 19.1 Å². The second-order valence-corrected chi connectivity index (χ2v) is 7.15. The van der Waals surface area contributed by atoms with E-state index in [1.165, 1.54) is 7.11 Å². The number of nitrogens with zero attached hydrogens (tertiary/aromatic N) is 2. The Morgan fingerprint density at radius 1 is 1.27 bits per heavy atom. The normalized spacial score (nSPS) is 22.8. The molecule has 0 bridgehead atoms. The minimum atomic E-state index is -0.424. The van der Waals surface area contributed by atoms with E-state index in [1.807, 2.05) is 7.05 Å². The molecule has 2 aliphatic rings. The van der Waals surface area contributed by atoms with Gasteiger partial charge in [-0.25, -0.2) is 0 Å². The van der Waals surface area contributed by atoms with Crippen LogP contribution in [0.3, 0.4) is 0 Å². The molecule has 0 aromatic heterocycles. The maximum Gasteiger partial charge on any atom is 0.253 e. The van der Waals surface area contributed by atoms with Gasteiger partial charge >= 0.3 is 0 Å². The van der Waals surface area contributed by atoms with E-state index in [0.29, 0.717) is 30.8 Å². The summed E-state index contributed by atoms with van der Waals surface area (Å²) in [7, 11) is 3.28. The van der Waals surface area contributed by atoms with Crippen LogP contribution in [0.5, 0.6) is 0 Å². The van der Waals surface area contributed by atoms with E-state index in [1.54, 1.807) is 34.1 Å². The van der Waals surface area contributed by atoms with Crippen LogP contribution in [0.25, 0.3) is 0 Å². The summed E-state index contributed by atoms with van der Waals surface area (Å²) in [6, 6.07) is 6.86. The standard InChI is InChI=1S/C19H25N3O4/c1-21-9-4-7-19(18(21)25)8-10-22(13-19)17(24)14-5-3-6-15(11-14)20-16(23)12-26-2/h3,5-6,11H,4,7-10,12-13H2,1-2H3,(H,20,23)/t19-/m1/s1. The van der Waals surface area contributed by atoms with Crippen LogP contribution in [0, 0.1) is 5.41 Å². The van der Waals surface area contributed by atoms with Crippen LogP contribution in [-0.2, 0) is 14.3 Å². The molecular formula is C19H25N3O4. The van der Waals surface area contributed by atoms with Crippen LogP contribution in [0.2, 0.25) is 0 Å². The first-order valence-corrected chi connectivity index (χ1v) is 8.89. The number of carbonyl (C=O) groups excluding carboxylic acids is 3. The maximum absolute atomic E-state index is 12.9. The van der Waals surface area contributed by atoms with E-state index >= 15 is 0 Å². The van der Waals surface area contributed by atoms with Gasteiger partial charge in [0.25, 0.3) is 5.91 Å². The number of likely N-dealkylation sites (tertiary alicyclic amines) is 2. The van der Waals surface area contributed by atoms with E-state index in [-0.39, 0.29) is 24.3 Å². The fourth-order valence-electron chi connectivity index (χ4n) is 3.93. The molecule has 7 heteroatoms. The van der Waals surface area contributed by atoms with Crippen LogP contribution < -0.4 is 5.32 Å². The van der Waals surface area contributed by atoms with Gasteiger partial charge in [-0.1, -0.05) is 6.07 Å². The molecule has 2 saturated heterocycles. The lowest BCUT2D eigenvalue weighted by Gasteiger charge is -2.37. The summed E-state index contributed by atoms with van der Waals surface area (Å²) in [6.07, 6.45) is 2.53. The number of methoxy groups -OCH3 is 1. The lowest BCUT2D eigenvalue weighted by molar-refractivity contribution is -0.143. The molecule has 0 saturated carbocycles. The predicted molar refractivity (Wildman–Crippen MR) is 96.8 cm³/mol. The lowest BCUT2D eigenvalue weighted by atomic mass is 9.78. The molecule has 2 fully saturated rings. The minimum absolute atomic E-state index is 0.0392. The zero-order chi connectivity index (χ0) is 18.7. The first-order valence-electron chi connectivity index (χ1n) is 8.89. The Bertz CT molecular complexity index is 720. The highest BCUT2D eigenvalue weighted by Gasteiger charge is 2.48. The number of benzene rings is 1. The molecule has 0 radical (unpaired) electrons. The number of nitrogens with one attached hydrogen (secondary N) is 1. The number of ether oxygens (including phenoxy) is 1. The van der Waals surface area contributed by atoms with Crippen molar-refractivity contribution in [3.63, 3.8) is 0 Å². The van der Waals surface area contributed by atoms with Gasteiger partial charge in [-0.15, -0.1) is 0 Å². The number of carbonyl (C=O) groups is 3. The Balaban J connectivity index is 1.70. The quantitative estimate of drug-likeness (QED) is 0.880. The monoisotopic (exact) mass is 359 g/mol. The highest BCUT2D eigenvalue weighted by atomic mass is 16.5. The van der Waals surface area contributed by atoms with E-state index in [9.17, 15) is 14.4 Å². The number of piperidine rings is 1. The van der Waals surface area contributed by atoms with Crippen molar-refractivity contribution in [1.82, 2.24) is 9.80 Å². The third-order valence-corrected chi connectivity index (χ3v) is 5.26. The average Bonchev–Trinajstić information content (AvgIpc) is 3.04. The molecular weight excluding hydrogens is 334 g/mol. The fourth-order valence-corrected chi connectivity index (χ4v) is 3.93. The van der Waals surface area contributed by atoms with Crippen LogP contribution in [0.4, 0.5) is 5.69 Å². The summed E-state index contributed by atoms with van der Waals surface area (Å²) < 4.78 is 4.79. The van der Waals surface area contributed by atoms with Crippen molar-refractivity contribution in [1.29, 1.82) is 0 Å². The second-order valence-electron chi connectivity index (χ2n) is 7.15. The fraction of sp³-hybridized carbons (Fsp3) is 0.526. The lowest BCUT2D eigenvalue weighted by Crippen LogP contribution is -2.48. The summed E-state index contributed by atoms with van der Waals surface area (Å²) >= 11 is 0. The molecule has 7 nitrogen and oxygen atoms in total. The Kier molecular flexibility index (Phi) is 5.27. The van der Waals surface area contributed by atoms with Crippen LogP contribution >= 0.6 is 0 Å². The number of hydrogen-bond donors (Lipinski definition) is 1. The number of rotatable bonds is 4. The molecule has 1 spiro atoms. The van der Waals surface area contributed by atoms with E-state index < -0.39 is 5.41 Å². The molecule has 1 aromatic carbocycles. The minimum Gasteiger partial charge on any atom is -0.375 e. The number of amides is 3. The SMILES string of the molecule is COCC(=O)Nc1cccc(C(=O)N2CC[C@]3(CCCN(C)C3=O)C2)c1. The Morgan fingerprint density at radius 3 is 2.85 bits per heavy atom. The molecule has 0 unspecified atom stereocenters. The summed E-state index contributed by atoms with van der Waals surface area (Å²) in [4.78, 5) is 40.7. The highest BCUT2D eigenvalue weighted by molar-refractivity contribution is 5.98. The first-order chi connectivity index (χ1) is 12.4. The van der Waals surface area contributed by atoms with Gasteiger partial charge in [0, 0.05) is 45.0 Å². The molecule has 1 atom stereocenters. The van der Waals surface area contributed by atoms with E-state index in [0.717, 1.165) is 19.4 Å². The van der Waals surface area contributed by atoms with Crippen molar-refractivity contribution in [3.8, 4) is 0 Å². The Morgan fingerprint density at radius 2 is 2.08 bits per heavy atom. The van der Waals surface area contributed by atoms with Crippen LogP contribution in [0.15, 0.2) is 24.3 Å². The Hall–Kier alpha value is -2.41. The van der Waals surface area contributed by atoms with Crippen molar-refractivity contribution in [2.75, 3.05) is 45.7 Å². The zero-order valence-corrected chi connectivity index (χ0v) is 15.3. The molecule has 1 N–H and O–H groups in total. The van der Waals surface area contributed by atoms with E-state index in [2.05, 4.69) is 5.32 Å². The summed E-state index contributed by atoms with van der Waals surface area (Å²) in [5.74, 6) is -0.224. The predicted octanol–water partition coefficient (Wildman–Crippen LogP) is 1.36. The van der Waals surface area contributed by atoms with Crippen LogP contribution in [0.1, 0.15) is 29.6 Å². The Labute approximate surface area is 153 Å². The highest BCUT2D eigenvalue weighted by Crippen LogP contribution is 2.40. The second kappa shape index (κ2) is 7.45. The van der Waals surface area contributed by atoms with Gasteiger partial charge < -0.3 is 19.9 Å². The van der Waals surface area contributed by atoms with Gasteiger partial charge in [0.1, 0.15) is 6.61 Å². The van der Waals surface area contributed by atoms with Gasteiger partial charge in [0.15, 0.2) is 0 Å². The molecule has 140 valence electrons. The van der Waals surface area contributed by atoms with E-state index in [4.69, 9.17) is 4.74 Å². The average molecular weight is 359 g/mol. The van der Waals surface area contributed by atoms with Crippen molar-refractivity contribution in [3.05, 3.63) is 29.8 Å². The smallest absolute Gasteiger partial charge is 0.253 e. The molecule has 26 heavy (non-hydrogen) atoms. The third kappa shape index (κ3) is 3.58. The number of hydrogen-bond acceptors (Lipinski definition) is 4. The van der Waals surface area contributed by atoms with Gasteiger partial charge in [-0.05, 0) is 37.5 Å². The van der Waals surface area contributed by atoms with Crippen molar-refractivity contribution in [2.45, 2.75) is 19.3 Å². The summed E-state index contributed by atoms with van der Waals surface area (Å²) in [5.41, 5.74) is 0.640. The summed E-state index contributed by atoms with van der Waals surface area (Å²) in [6.45, 7) is 1.80.